The fraction of sp³-hybridized carbons (Fsp3) is 0.500. The summed E-state index contributed by atoms with van der Waals surface area (Å²) in [6, 6.07) is 6.54. The molecule has 1 rings (SSSR count). The van der Waals surface area contributed by atoms with Gasteiger partial charge in [0.25, 0.3) is 0 Å². The summed E-state index contributed by atoms with van der Waals surface area (Å²) in [5, 5.41) is 3.10. The van der Waals surface area contributed by atoms with Gasteiger partial charge in [-0.2, -0.15) is 0 Å². The van der Waals surface area contributed by atoms with Crippen LogP contribution in [0.3, 0.4) is 0 Å². The molecule has 0 heterocycles. The van der Waals surface area contributed by atoms with Gasteiger partial charge >= 0.3 is 0 Å². The van der Waals surface area contributed by atoms with E-state index in [1.807, 2.05) is 26.8 Å². The summed E-state index contributed by atoms with van der Waals surface area (Å²) >= 11 is 0. The molecule has 0 fully saturated rings. The lowest BCUT2D eigenvalue weighted by atomic mass is 10.1. The molecule has 1 aromatic carbocycles. The molecule has 4 heteroatoms. The van der Waals surface area contributed by atoms with Crippen LogP contribution in [0.2, 0.25) is 0 Å². The average molecular weight is 252 g/mol. The van der Waals surface area contributed by atoms with Gasteiger partial charge in [-0.25, -0.2) is 4.39 Å². The number of halogens is 1. The van der Waals surface area contributed by atoms with E-state index in [0.29, 0.717) is 0 Å². The largest absolute Gasteiger partial charge is 0.342 e. The molecule has 0 radical (unpaired) electrons. The van der Waals surface area contributed by atoms with Crippen molar-refractivity contribution in [2.24, 2.45) is 0 Å². The number of carbonyl (C=O) groups is 1. The van der Waals surface area contributed by atoms with E-state index in [4.69, 9.17) is 0 Å². The standard InChI is InChI=1S/C14H21FN2O/c1-10(2)17(4)14(18)9-16-11(3)12-6-5-7-13(15)8-12/h5-8,10-11,16H,9H2,1-4H3/t11-/m1/s1. The molecule has 0 aliphatic rings. The van der Waals surface area contributed by atoms with Gasteiger partial charge in [-0.3, -0.25) is 4.79 Å². The van der Waals surface area contributed by atoms with E-state index in [9.17, 15) is 9.18 Å². The predicted molar refractivity (Wildman–Crippen MR) is 70.7 cm³/mol. The van der Waals surface area contributed by atoms with Crippen molar-refractivity contribution in [1.82, 2.24) is 10.2 Å². The highest BCUT2D eigenvalue weighted by Crippen LogP contribution is 2.13. The molecule has 0 saturated heterocycles. The number of nitrogens with zero attached hydrogens (tertiary/aromatic N) is 1. The van der Waals surface area contributed by atoms with Crippen LogP contribution in [-0.4, -0.2) is 30.4 Å². The van der Waals surface area contributed by atoms with Gasteiger partial charge in [-0.05, 0) is 38.5 Å². The molecule has 0 bridgehead atoms. The fourth-order valence-corrected chi connectivity index (χ4v) is 1.55. The van der Waals surface area contributed by atoms with Gasteiger partial charge in [0.1, 0.15) is 5.82 Å². The monoisotopic (exact) mass is 252 g/mol. The number of hydrogen-bond acceptors (Lipinski definition) is 2. The van der Waals surface area contributed by atoms with Crippen molar-refractivity contribution < 1.29 is 9.18 Å². The molecule has 1 atom stereocenters. The lowest BCUT2D eigenvalue weighted by Gasteiger charge is -2.23. The summed E-state index contributed by atoms with van der Waals surface area (Å²) < 4.78 is 13.1. The van der Waals surface area contributed by atoms with Crippen LogP contribution in [0.5, 0.6) is 0 Å². The highest BCUT2D eigenvalue weighted by molar-refractivity contribution is 5.78. The number of rotatable bonds is 5. The Labute approximate surface area is 108 Å². The number of carbonyl (C=O) groups excluding carboxylic acids is 1. The maximum Gasteiger partial charge on any atom is 0.236 e. The maximum atomic E-state index is 13.1. The normalized spacial score (nSPS) is 12.6. The first-order chi connectivity index (χ1) is 8.41. The third kappa shape index (κ3) is 4.11. The molecule has 0 aliphatic carbocycles. The van der Waals surface area contributed by atoms with Crippen molar-refractivity contribution in [3.63, 3.8) is 0 Å². The Hall–Kier alpha value is -1.42. The zero-order chi connectivity index (χ0) is 13.7. The summed E-state index contributed by atoms with van der Waals surface area (Å²) in [5.74, 6) is -0.222. The Kier molecular flexibility index (Phi) is 5.28. The SMILES string of the molecule is CC(C)N(C)C(=O)CN[C@H](C)c1cccc(F)c1. The fourth-order valence-electron chi connectivity index (χ4n) is 1.55. The van der Waals surface area contributed by atoms with Crippen LogP contribution >= 0.6 is 0 Å². The first kappa shape index (κ1) is 14.6. The Morgan fingerprint density at radius 2 is 2.06 bits per heavy atom. The molecule has 0 saturated carbocycles. The first-order valence-corrected chi connectivity index (χ1v) is 6.16. The van der Waals surface area contributed by atoms with Crippen molar-refractivity contribution in [2.75, 3.05) is 13.6 Å². The third-order valence-electron chi connectivity index (χ3n) is 3.08. The molecule has 1 aromatic rings. The highest BCUT2D eigenvalue weighted by Gasteiger charge is 2.13. The van der Waals surface area contributed by atoms with Crippen LogP contribution in [0.1, 0.15) is 32.4 Å². The van der Waals surface area contributed by atoms with Crippen molar-refractivity contribution in [3.05, 3.63) is 35.6 Å². The van der Waals surface area contributed by atoms with Gasteiger partial charge in [0.2, 0.25) is 5.91 Å². The zero-order valence-corrected chi connectivity index (χ0v) is 11.4. The smallest absolute Gasteiger partial charge is 0.236 e. The molecule has 18 heavy (non-hydrogen) atoms. The number of amides is 1. The number of benzene rings is 1. The summed E-state index contributed by atoms with van der Waals surface area (Å²) in [6.07, 6.45) is 0. The van der Waals surface area contributed by atoms with Crippen molar-refractivity contribution in [2.45, 2.75) is 32.9 Å². The topological polar surface area (TPSA) is 32.3 Å². The van der Waals surface area contributed by atoms with E-state index in [1.165, 1.54) is 12.1 Å². The minimum atomic E-state index is -0.258. The van der Waals surface area contributed by atoms with Gasteiger partial charge in [-0.1, -0.05) is 12.1 Å². The van der Waals surface area contributed by atoms with E-state index in [1.54, 1.807) is 18.0 Å². The van der Waals surface area contributed by atoms with E-state index in [2.05, 4.69) is 5.32 Å². The lowest BCUT2D eigenvalue weighted by molar-refractivity contribution is -0.130. The summed E-state index contributed by atoms with van der Waals surface area (Å²) in [6.45, 7) is 6.10. The Balaban J connectivity index is 2.51. The summed E-state index contributed by atoms with van der Waals surface area (Å²) in [5.41, 5.74) is 0.843. The van der Waals surface area contributed by atoms with Gasteiger partial charge in [0.15, 0.2) is 0 Å². The maximum absolute atomic E-state index is 13.1. The van der Waals surface area contributed by atoms with Crippen LogP contribution in [-0.2, 0) is 4.79 Å². The Bertz CT molecular complexity index is 407. The Morgan fingerprint density at radius 1 is 1.39 bits per heavy atom. The number of nitrogens with one attached hydrogen (secondary N) is 1. The summed E-state index contributed by atoms with van der Waals surface area (Å²) in [7, 11) is 1.78. The van der Waals surface area contributed by atoms with Crippen LogP contribution in [0, 0.1) is 5.82 Å². The molecule has 0 aromatic heterocycles. The van der Waals surface area contributed by atoms with E-state index in [-0.39, 0.29) is 30.4 Å². The Morgan fingerprint density at radius 3 is 2.61 bits per heavy atom. The van der Waals surface area contributed by atoms with Gasteiger partial charge in [0.05, 0.1) is 6.54 Å². The van der Waals surface area contributed by atoms with E-state index >= 15 is 0 Å². The van der Waals surface area contributed by atoms with Crippen molar-refractivity contribution in [3.8, 4) is 0 Å². The molecular weight excluding hydrogens is 231 g/mol. The van der Waals surface area contributed by atoms with Crippen LogP contribution in [0.4, 0.5) is 4.39 Å². The molecule has 0 spiro atoms. The second-order valence-corrected chi connectivity index (χ2v) is 4.76. The van der Waals surface area contributed by atoms with Crippen molar-refractivity contribution in [1.29, 1.82) is 0 Å². The van der Waals surface area contributed by atoms with Crippen LogP contribution in [0.15, 0.2) is 24.3 Å². The first-order valence-electron chi connectivity index (χ1n) is 6.16. The van der Waals surface area contributed by atoms with Crippen LogP contribution in [0.25, 0.3) is 0 Å². The van der Waals surface area contributed by atoms with Gasteiger partial charge in [-0.15, -0.1) is 0 Å². The number of hydrogen-bond donors (Lipinski definition) is 1. The highest BCUT2D eigenvalue weighted by atomic mass is 19.1. The second-order valence-electron chi connectivity index (χ2n) is 4.76. The quantitative estimate of drug-likeness (QED) is 0.872. The molecule has 3 nitrogen and oxygen atoms in total. The molecule has 1 amide bonds. The predicted octanol–water partition coefficient (Wildman–Crippen LogP) is 2.34. The average Bonchev–Trinajstić information content (AvgIpc) is 2.34. The minimum Gasteiger partial charge on any atom is -0.342 e. The molecule has 0 unspecified atom stereocenters. The minimum absolute atomic E-state index is 0.0354. The third-order valence-corrected chi connectivity index (χ3v) is 3.08. The molecular formula is C14H21FN2O. The summed E-state index contributed by atoms with van der Waals surface area (Å²) in [4.78, 5) is 13.5. The zero-order valence-electron chi connectivity index (χ0n) is 11.4. The molecule has 100 valence electrons. The lowest BCUT2D eigenvalue weighted by Crippen LogP contribution is -2.40. The van der Waals surface area contributed by atoms with E-state index < -0.39 is 0 Å². The molecule has 1 N–H and O–H groups in total. The van der Waals surface area contributed by atoms with Crippen LogP contribution < -0.4 is 5.32 Å². The second kappa shape index (κ2) is 6.50. The van der Waals surface area contributed by atoms with E-state index in [0.717, 1.165) is 5.56 Å². The molecule has 0 aliphatic heterocycles. The van der Waals surface area contributed by atoms with Gasteiger partial charge < -0.3 is 10.2 Å². The van der Waals surface area contributed by atoms with Gasteiger partial charge in [0, 0.05) is 19.1 Å². The number of likely N-dealkylation sites (N-methyl/N-ethyl adjacent to an activating group) is 1. The van der Waals surface area contributed by atoms with Crippen molar-refractivity contribution >= 4 is 5.91 Å².